The number of rotatable bonds is 2. The van der Waals surface area contributed by atoms with Crippen LogP contribution in [0.3, 0.4) is 0 Å². The summed E-state index contributed by atoms with van der Waals surface area (Å²) in [6.45, 7) is 0. The van der Waals surface area contributed by atoms with Crippen LogP contribution in [0.5, 0.6) is 0 Å². The van der Waals surface area contributed by atoms with Crippen molar-refractivity contribution in [2.45, 2.75) is 0 Å². The van der Waals surface area contributed by atoms with Crippen LogP contribution in [0.15, 0.2) is 71.9 Å². The minimum atomic E-state index is -0.167. The van der Waals surface area contributed by atoms with Crippen molar-refractivity contribution in [3.63, 3.8) is 0 Å². The Morgan fingerprint density at radius 2 is 1.70 bits per heavy atom. The van der Waals surface area contributed by atoms with E-state index in [1.165, 1.54) is 17.1 Å². The number of nitrogens with zero attached hydrogens (tertiary/aromatic N) is 4. The van der Waals surface area contributed by atoms with Crippen LogP contribution in [-0.2, 0) is 0 Å². The lowest BCUT2D eigenvalue weighted by atomic mass is 10.3. The molecule has 2 aromatic carbocycles. The van der Waals surface area contributed by atoms with Gasteiger partial charge in [-0.1, -0.05) is 41.9 Å². The molecule has 6 heteroatoms. The molecule has 4 rings (SSSR count). The van der Waals surface area contributed by atoms with E-state index >= 15 is 0 Å². The highest BCUT2D eigenvalue weighted by molar-refractivity contribution is 6.32. The van der Waals surface area contributed by atoms with Crippen LogP contribution in [0.1, 0.15) is 0 Å². The predicted molar refractivity (Wildman–Crippen MR) is 89.5 cm³/mol. The summed E-state index contributed by atoms with van der Waals surface area (Å²) in [6, 6.07) is 16.7. The minimum absolute atomic E-state index is 0.167. The van der Waals surface area contributed by atoms with Crippen molar-refractivity contribution >= 4 is 22.6 Å². The van der Waals surface area contributed by atoms with Gasteiger partial charge in [-0.15, -0.1) is 0 Å². The van der Waals surface area contributed by atoms with Crippen LogP contribution >= 0.6 is 11.6 Å². The largest absolute Gasteiger partial charge is 0.269 e. The highest BCUT2D eigenvalue weighted by atomic mass is 35.5. The van der Waals surface area contributed by atoms with Gasteiger partial charge in [0.25, 0.3) is 5.56 Å². The van der Waals surface area contributed by atoms with Crippen molar-refractivity contribution in [3.05, 3.63) is 82.5 Å². The Morgan fingerprint density at radius 1 is 0.957 bits per heavy atom. The summed E-state index contributed by atoms with van der Waals surface area (Å²) in [5.41, 5.74) is 1.76. The smallest absolute Gasteiger partial charge is 0.268 e. The Balaban J connectivity index is 1.95. The second-order valence-electron chi connectivity index (χ2n) is 5.00. The van der Waals surface area contributed by atoms with Crippen molar-refractivity contribution < 1.29 is 0 Å². The van der Waals surface area contributed by atoms with E-state index < -0.39 is 0 Å². The van der Waals surface area contributed by atoms with E-state index in [9.17, 15) is 4.79 Å². The highest BCUT2D eigenvalue weighted by Crippen LogP contribution is 2.22. The fourth-order valence-electron chi connectivity index (χ4n) is 2.48. The lowest BCUT2D eigenvalue weighted by molar-refractivity contribution is 0.885. The van der Waals surface area contributed by atoms with Crippen molar-refractivity contribution in [2.24, 2.45) is 0 Å². The lowest BCUT2D eigenvalue weighted by Crippen LogP contribution is -2.18. The number of aromatic nitrogens is 4. The third-order valence-electron chi connectivity index (χ3n) is 3.60. The molecule has 0 aliphatic carbocycles. The van der Waals surface area contributed by atoms with Crippen molar-refractivity contribution in [2.75, 3.05) is 0 Å². The molecule has 0 unspecified atom stereocenters. The van der Waals surface area contributed by atoms with E-state index in [0.717, 1.165) is 5.69 Å². The molecule has 2 heterocycles. The molecule has 0 spiro atoms. The molecule has 0 aliphatic heterocycles. The lowest BCUT2D eigenvalue weighted by Gasteiger charge is -2.07. The SMILES string of the molecule is O=c1c2cnn(-c3ccccc3Cl)c2ncn1-c1ccccc1. The molecular formula is C17H11ClN4O. The molecule has 0 radical (unpaired) electrons. The third-order valence-corrected chi connectivity index (χ3v) is 3.92. The average molecular weight is 323 g/mol. The first kappa shape index (κ1) is 13.7. The molecule has 23 heavy (non-hydrogen) atoms. The van der Waals surface area contributed by atoms with Crippen LogP contribution in [-0.4, -0.2) is 19.3 Å². The van der Waals surface area contributed by atoms with Gasteiger partial charge in [0, 0.05) is 0 Å². The van der Waals surface area contributed by atoms with Crippen LogP contribution in [0.25, 0.3) is 22.4 Å². The van der Waals surface area contributed by atoms with Gasteiger partial charge in [0.2, 0.25) is 0 Å². The van der Waals surface area contributed by atoms with Gasteiger partial charge in [0.05, 0.1) is 22.6 Å². The first-order valence-electron chi connectivity index (χ1n) is 7.01. The summed E-state index contributed by atoms with van der Waals surface area (Å²) in [4.78, 5) is 17.1. The number of para-hydroxylation sites is 2. The van der Waals surface area contributed by atoms with E-state index in [4.69, 9.17) is 11.6 Å². The Hall–Kier alpha value is -2.92. The van der Waals surface area contributed by atoms with Gasteiger partial charge in [0.1, 0.15) is 11.7 Å². The Morgan fingerprint density at radius 3 is 2.48 bits per heavy atom. The fraction of sp³-hybridized carbons (Fsp3) is 0. The maximum atomic E-state index is 12.7. The van der Waals surface area contributed by atoms with Crippen LogP contribution in [0, 0.1) is 0 Å². The topological polar surface area (TPSA) is 52.7 Å². The van der Waals surface area contributed by atoms with Gasteiger partial charge < -0.3 is 0 Å². The monoisotopic (exact) mass is 322 g/mol. The standard InChI is InChI=1S/C17H11ClN4O/c18-14-8-4-5-9-15(14)22-16-13(10-20-22)17(23)21(11-19-16)12-6-2-1-3-7-12/h1-11H. The quantitative estimate of drug-likeness (QED) is 0.569. The van der Waals surface area contributed by atoms with Crippen molar-refractivity contribution in [1.82, 2.24) is 19.3 Å². The van der Waals surface area contributed by atoms with Crippen LogP contribution in [0.2, 0.25) is 5.02 Å². The average Bonchev–Trinajstić information content (AvgIpc) is 3.01. The number of benzene rings is 2. The van der Waals surface area contributed by atoms with Gasteiger partial charge in [-0.05, 0) is 24.3 Å². The Labute approximate surface area is 136 Å². The summed E-state index contributed by atoms with van der Waals surface area (Å²) in [5, 5.41) is 5.27. The molecule has 0 saturated carbocycles. The van der Waals surface area contributed by atoms with E-state index in [0.29, 0.717) is 21.7 Å². The Bertz CT molecular complexity index is 1050. The van der Waals surface area contributed by atoms with E-state index in [-0.39, 0.29) is 5.56 Å². The third kappa shape index (κ3) is 2.22. The molecular weight excluding hydrogens is 312 g/mol. The number of hydrogen-bond donors (Lipinski definition) is 0. The second kappa shape index (κ2) is 5.37. The van der Waals surface area contributed by atoms with Crippen molar-refractivity contribution in [1.29, 1.82) is 0 Å². The maximum absolute atomic E-state index is 12.7. The number of halogens is 1. The molecule has 5 nitrogen and oxygen atoms in total. The summed E-state index contributed by atoms with van der Waals surface area (Å²) < 4.78 is 3.08. The minimum Gasteiger partial charge on any atom is -0.268 e. The first-order valence-corrected chi connectivity index (χ1v) is 7.39. The molecule has 2 aromatic heterocycles. The molecule has 0 fully saturated rings. The van der Waals surface area contributed by atoms with E-state index in [1.807, 2.05) is 48.5 Å². The molecule has 0 atom stereocenters. The summed E-state index contributed by atoms with van der Waals surface area (Å²) in [7, 11) is 0. The van der Waals surface area contributed by atoms with Gasteiger partial charge in [-0.2, -0.15) is 5.10 Å². The zero-order valence-corrected chi connectivity index (χ0v) is 12.7. The normalized spacial score (nSPS) is 11.0. The maximum Gasteiger partial charge on any atom is 0.269 e. The van der Waals surface area contributed by atoms with Crippen molar-refractivity contribution in [3.8, 4) is 11.4 Å². The first-order chi connectivity index (χ1) is 11.3. The van der Waals surface area contributed by atoms with Gasteiger partial charge >= 0.3 is 0 Å². The van der Waals surface area contributed by atoms with E-state index in [2.05, 4.69) is 10.1 Å². The molecule has 0 amide bonds. The Kier molecular flexibility index (Phi) is 3.20. The molecule has 4 aromatic rings. The zero-order chi connectivity index (χ0) is 15.8. The zero-order valence-electron chi connectivity index (χ0n) is 11.9. The van der Waals surface area contributed by atoms with E-state index in [1.54, 1.807) is 10.7 Å². The van der Waals surface area contributed by atoms with Gasteiger partial charge in [-0.25, -0.2) is 9.67 Å². The fourth-order valence-corrected chi connectivity index (χ4v) is 2.70. The number of fused-ring (bicyclic) bond motifs is 1. The molecule has 112 valence electrons. The molecule has 0 aliphatic rings. The molecule has 0 saturated heterocycles. The predicted octanol–water partition coefficient (Wildman–Crippen LogP) is 3.22. The summed E-state index contributed by atoms with van der Waals surface area (Å²) >= 11 is 6.21. The van der Waals surface area contributed by atoms with Crippen LogP contribution in [0.4, 0.5) is 0 Å². The highest BCUT2D eigenvalue weighted by Gasteiger charge is 2.13. The molecule has 0 N–H and O–H groups in total. The molecule has 0 bridgehead atoms. The van der Waals surface area contributed by atoms with Crippen LogP contribution < -0.4 is 5.56 Å². The van der Waals surface area contributed by atoms with Gasteiger partial charge in [0.15, 0.2) is 5.65 Å². The summed E-state index contributed by atoms with van der Waals surface area (Å²) in [5.74, 6) is 0. The second-order valence-corrected chi connectivity index (χ2v) is 5.41. The number of hydrogen-bond acceptors (Lipinski definition) is 3. The summed E-state index contributed by atoms with van der Waals surface area (Å²) in [6.07, 6.45) is 3.03. The van der Waals surface area contributed by atoms with Gasteiger partial charge in [-0.3, -0.25) is 9.36 Å².